The predicted octanol–water partition coefficient (Wildman–Crippen LogP) is 4.86. The summed E-state index contributed by atoms with van der Waals surface area (Å²) in [4.78, 5) is 0. The number of hydrogen-bond donors (Lipinski definition) is 1. The quantitative estimate of drug-likeness (QED) is 0.725. The molecule has 1 unspecified atom stereocenters. The van der Waals surface area contributed by atoms with E-state index < -0.39 is 0 Å². The third-order valence-corrected chi connectivity index (χ3v) is 4.41. The number of rotatable bonds is 3. The van der Waals surface area contributed by atoms with Gasteiger partial charge in [-0.3, -0.25) is 0 Å². The normalized spacial score (nSPS) is 12.7. The molecule has 96 valence electrons. The maximum atomic E-state index is 6.28. The predicted molar refractivity (Wildman–Crippen MR) is 84.2 cm³/mol. The average molecular weight is 288 g/mol. The van der Waals surface area contributed by atoms with Gasteiger partial charge in [0.1, 0.15) is 0 Å². The Morgan fingerprint density at radius 2 is 1.84 bits per heavy atom. The van der Waals surface area contributed by atoms with E-state index in [1.165, 1.54) is 16.5 Å². The molecule has 0 saturated heterocycles. The van der Waals surface area contributed by atoms with Gasteiger partial charge in [0, 0.05) is 10.4 Å². The number of halogens is 1. The molecule has 3 aromatic rings. The van der Waals surface area contributed by atoms with E-state index in [0.717, 1.165) is 10.4 Å². The summed E-state index contributed by atoms with van der Waals surface area (Å²) in [7, 11) is 1.99. The van der Waals surface area contributed by atoms with Crippen molar-refractivity contribution in [3.8, 4) is 0 Å². The number of fused-ring (bicyclic) bond motifs is 1. The van der Waals surface area contributed by atoms with Crippen LogP contribution in [-0.4, -0.2) is 7.05 Å². The molecule has 0 amide bonds. The van der Waals surface area contributed by atoms with Crippen LogP contribution in [0.2, 0.25) is 5.02 Å². The molecule has 0 spiro atoms. The third-order valence-electron chi connectivity index (χ3n) is 3.38. The van der Waals surface area contributed by atoms with Gasteiger partial charge in [0.2, 0.25) is 0 Å². The van der Waals surface area contributed by atoms with E-state index in [-0.39, 0.29) is 6.04 Å². The van der Waals surface area contributed by atoms with Crippen molar-refractivity contribution in [2.45, 2.75) is 6.04 Å². The van der Waals surface area contributed by atoms with Crippen LogP contribution >= 0.6 is 22.9 Å². The van der Waals surface area contributed by atoms with Crippen molar-refractivity contribution >= 4 is 33.7 Å². The first-order chi connectivity index (χ1) is 9.31. The van der Waals surface area contributed by atoms with Crippen molar-refractivity contribution in [1.82, 2.24) is 5.32 Å². The highest BCUT2D eigenvalue weighted by atomic mass is 35.5. The lowest BCUT2D eigenvalue weighted by atomic mass is 9.95. The molecule has 1 aromatic heterocycles. The Labute approximate surface area is 121 Å². The Kier molecular flexibility index (Phi) is 3.56. The SMILES string of the molecule is CNC(c1ccsc1)c1ccc(Cl)c2ccccc12. The van der Waals surface area contributed by atoms with Gasteiger partial charge in [-0.15, -0.1) is 0 Å². The summed E-state index contributed by atoms with van der Waals surface area (Å²) in [6, 6.07) is 14.7. The van der Waals surface area contributed by atoms with Crippen LogP contribution in [0, 0.1) is 0 Å². The molecule has 0 aliphatic rings. The summed E-state index contributed by atoms with van der Waals surface area (Å²) < 4.78 is 0. The maximum Gasteiger partial charge on any atom is 0.0588 e. The number of hydrogen-bond acceptors (Lipinski definition) is 2. The molecule has 0 bridgehead atoms. The monoisotopic (exact) mass is 287 g/mol. The van der Waals surface area contributed by atoms with E-state index in [9.17, 15) is 0 Å². The van der Waals surface area contributed by atoms with Crippen LogP contribution in [0.4, 0.5) is 0 Å². The zero-order valence-electron chi connectivity index (χ0n) is 10.6. The lowest BCUT2D eigenvalue weighted by molar-refractivity contribution is 0.699. The van der Waals surface area contributed by atoms with Crippen molar-refractivity contribution in [2.75, 3.05) is 7.05 Å². The molecule has 0 aliphatic heterocycles. The van der Waals surface area contributed by atoms with Gasteiger partial charge in [0.15, 0.2) is 0 Å². The molecule has 1 heterocycles. The fourth-order valence-corrected chi connectivity index (χ4v) is 3.39. The fourth-order valence-electron chi connectivity index (χ4n) is 2.48. The van der Waals surface area contributed by atoms with Crippen LogP contribution in [0.3, 0.4) is 0 Å². The Hall–Kier alpha value is -1.35. The third kappa shape index (κ3) is 2.27. The molecule has 1 N–H and O–H groups in total. The molecule has 2 aromatic carbocycles. The highest BCUT2D eigenvalue weighted by molar-refractivity contribution is 7.08. The van der Waals surface area contributed by atoms with Gasteiger partial charge in [-0.2, -0.15) is 11.3 Å². The first kappa shape index (κ1) is 12.7. The van der Waals surface area contributed by atoms with E-state index in [4.69, 9.17) is 11.6 Å². The molecular formula is C16H14ClNS. The van der Waals surface area contributed by atoms with Crippen LogP contribution in [0.1, 0.15) is 17.2 Å². The highest BCUT2D eigenvalue weighted by Gasteiger charge is 2.15. The van der Waals surface area contributed by atoms with Gasteiger partial charge in [-0.1, -0.05) is 41.9 Å². The van der Waals surface area contributed by atoms with Gasteiger partial charge in [-0.25, -0.2) is 0 Å². The average Bonchev–Trinajstić information content (AvgIpc) is 2.96. The van der Waals surface area contributed by atoms with E-state index in [1.54, 1.807) is 11.3 Å². The Morgan fingerprint density at radius 3 is 2.53 bits per heavy atom. The van der Waals surface area contributed by atoms with Gasteiger partial charge in [0.25, 0.3) is 0 Å². The van der Waals surface area contributed by atoms with E-state index in [2.05, 4.69) is 46.4 Å². The van der Waals surface area contributed by atoms with Crippen LogP contribution in [0.15, 0.2) is 53.2 Å². The lowest BCUT2D eigenvalue weighted by Gasteiger charge is -2.18. The zero-order chi connectivity index (χ0) is 13.2. The van der Waals surface area contributed by atoms with E-state index in [1.807, 2.05) is 19.2 Å². The lowest BCUT2D eigenvalue weighted by Crippen LogP contribution is -2.17. The Balaban J connectivity index is 2.22. The van der Waals surface area contributed by atoms with E-state index in [0.29, 0.717) is 0 Å². The summed E-state index contributed by atoms with van der Waals surface area (Å²) in [5.74, 6) is 0. The van der Waals surface area contributed by atoms with Gasteiger partial charge >= 0.3 is 0 Å². The van der Waals surface area contributed by atoms with Crippen LogP contribution < -0.4 is 5.32 Å². The van der Waals surface area contributed by atoms with Crippen molar-refractivity contribution in [3.63, 3.8) is 0 Å². The molecule has 3 rings (SSSR count). The first-order valence-electron chi connectivity index (χ1n) is 6.18. The summed E-state index contributed by atoms with van der Waals surface area (Å²) in [5, 5.41) is 10.8. The minimum atomic E-state index is 0.202. The van der Waals surface area contributed by atoms with Crippen LogP contribution in [0.5, 0.6) is 0 Å². The van der Waals surface area contributed by atoms with Crippen molar-refractivity contribution in [3.05, 3.63) is 69.4 Å². The van der Waals surface area contributed by atoms with E-state index >= 15 is 0 Å². The highest BCUT2D eigenvalue weighted by Crippen LogP contribution is 2.33. The largest absolute Gasteiger partial charge is 0.309 e. The smallest absolute Gasteiger partial charge is 0.0588 e. The van der Waals surface area contributed by atoms with Crippen LogP contribution in [0.25, 0.3) is 10.8 Å². The van der Waals surface area contributed by atoms with Crippen molar-refractivity contribution < 1.29 is 0 Å². The molecule has 1 atom stereocenters. The second kappa shape index (κ2) is 5.33. The maximum absolute atomic E-state index is 6.28. The molecule has 0 aliphatic carbocycles. The molecule has 0 saturated carbocycles. The molecule has 3 heteroatoms. The van der Waals surface area contributed by atoms with Crippen LogP contribution in [-0.2, 0) is 0 Å². The van der Waals surface area contributed by atoms with Gasteiger partial charge < -0.3 is 5.32 Å². The summed E-state index contributed by atoms with van der Waals surface area (Å²) in [5.41, 5.74) is 2.56. The minimum Gasteiger partial charge on any atom is -0.309 e. The topological polar surface area (TPSA) is 12.0 Å². The first-order valence-corrected chi connectivity index (χ1v) is 7.50. The fraction of sp³-hybridized carbons (Fsp3) is 0.125. The molecule has 1 nitrogen and oxygen atoms in total. The number of nitrogens with one attached hydrogen (secondary N) is 1. The summed E-state index contributed by atoms with van der Waals surface area (Å²) >= 11 is 8.00. The summed E-state index contributed by atoms with van der Waals surface area (Å²) in [6.07, 6.45) is 0. The molecular weight excluding hydrogens is 274 g/mol. The standard InChI is InChI=1S/C16H14ClNS/c1-18-16(11-8-9-19-10-11)14-6-7-15(17)13-5-3-2-4-12(13)14/h2-10,16,18H,1H3. The number of benzene rings is 2. The molecule has 0 radical (unpaired) electrons. The van der Waals surface area contributed by atoms with Crippen molar-refractivity contribution in [2.24, 2.45) is 0 Å². The van der Waals surface area contributed by atoms with Gasteiger partial charge in [-0.05, 0) is 46.5 Å². The minimum absolute atomic E-state index is 0.202. The summed E-state index contributed by atoms with van der Waals surface area (Å²) in [6.45, 7) is 0. The Bertz CT molecular complexity index is 691. The van der Waals surface area contributed by atoms with Gasteiger partial charge in [0.05, 0.1) is 6.04 Å². The Morgan fingerprint density at radius 1 is 1.05 bits per heavy atom. The molecule has 0 fully saturated rings. The molecule has 19 heavy (non-hydrogen) atoms. The second-order valence-corrected chi connectivity index (χ2v) is 5.65. The zero-order valence-corrected chi connectivity index (χ0v) is 12.1. The second-order valence-electron chi connectivity index (χ2n) is 4.46. The number of thiophene rings is 1. The van der Waals surface area contributed by atoms with Crippen molar-refractivity contribution in [1.29, 1.82) is 0 Å².